The van der Waals surface area contributed by atoms with Crippen molar-refractivity contribution in [1.29, 1.82) is 0 Å². The minimum absolute atomic E-state index is 0.0320. The number of amides is 1. The van der Waals surface area contributed by atoms with Gasteiger partial charge in [0, 0.05) is 6.54 Å². The summed E-state index contributed by atoms with van der Waals surface area (Å²) in [6, 6.07) is 0. The number of rotatable bonds is 7. The fourth-order valence-corrected chi connectivity index (χ4v) is 2.06. The van der Waals surface area contributed by atoms with Gasteiger partial charge in [0.15, 0.2) is 0 Å². The van der Waals surface area contributed by atoms with Crippen LogP contribution in [0, 0.1) is 11.3 Å². The Morgan fingerprint density at radius 1 is 1.44 bits per heavy atom. The molecule has 0 atom stereocenters. The fourth-order valence-electron chi connectivity index (χ4n) is 1.76. The van der Waals surface area contributed by atoms with Gasteiger partial charge in [0.2, 0.25) is 5.91 Å². The Hall–Kier alpha value is -0.640. The van der Waals surface area contributed by atoms with Crippen molar-refractivity contribution in [2.75, 3.05) is 6.54 Å². The van der Waals surface area contributed by atoms with Crippen molar-refractivity contribution >= 4 is 23.1 Å². The van der Waals surface area contributed by atoms with Gasteiger partial charge in [0.05, 0.1) is 10.4 Å². The van der Waals surface area contributed by atoms with Gasteiger partial charge in [-0.1, -0.05) is 38.9 Å². The lowest BCUT2D eigenvalue weighted by atomic mass is 10.1. The number of carbonyl (C=O) groups is 1. The minimum Gasteiger partial charge on any atom is -0.392 e. The van der Waals surface area contributed by atoms with E-state index >= 15 is 0 Å². The molecule has 0 bridgehead atoms. The average Bonchev–Trinajstić information content (AvgIpc) is 2.96. The summed E-state index contributed by atoms with van der Waals surface area (Å²) in [5.74, 6) is 0.770. The smallest absolute Gasteiger partial charge is 0.233 e. The van der Waals surface area contributed by atoms with Crippen LogP contribution in [0.15, 0.2) is 0 Å². The topological polar surface area (TPSA) is 55.1 Å². The fraction of sp³-hybridized carbons (Fsp3) is 0.833. The molecule has 1 rings (SSSR count). The van der Waals surface area contributed by atoms with Crippen LogP contribution in [0.3, 0.4) is 0 Å². The van der Waals surface area contributed by atoms with E-state index in [1.165, 1.54) is 6.42 Å². The van der Waals surface area contributed by atoms with Crippen LogP contribution in [-0.2, 0) is 4.79 Å². The van der Waals surface area contributed by atoms with E-state index in [1.807, 2.05) is 0 Å². The normalized spacial score (nSPS) is 17.2. The summed E-state index contributed by atoms with van der Waals surface area (Å²) in [6.45, 7) is 5.17. The van der Waals surface area contributed by atoms with Gasteiger partial charge < -0.3 is 11.1 Å². The Balaban J connectivity index is 2.14. The first kappa shape index (κ1) is 13.4. The summed E-state index contributed by atoms with van der Waals surface area (Å²) >= 11 is 4.92. The zero-order valence-electron chi connectivity index (χ0n) is 10.2. The highest BCUT2D eigenvalue weighted by Crippen LogP contribution is 2.46. The van der Waals surface area contributed by atoms with Gasteiger partial charge in [0.25, 0.3) is 0 Å². The average molecular weight is 242 g/mol. The molecule has 0 aliphatic heterocycles. The Bertz CT molecular complexity index is 272. The monoisotopic (exact) mass is 242 g/mol. The van der Waals surface area contributed by atoms with Gasteiger partial charge in [-0.05, 0) is 25.2 Å². The quantitative estimate of drug-likeness (QED) is 0.530. The molecule has 0 radical (unpaired) electrons. The van der Waals surface area contributed by atoms with Crippen molar-refractivity contribution in [3.05, 3.63) is 0 Å². The Morgan fingerprint density at radius 3 is 2.50 bits per heavy atom. The van der Waals surface area contributed by atoms with Crippen LogP contribution in [-0.4, -0.2) is 17.4 Å². The van der Waals surface area contributed by atoms with Crippen molar-refractivity contribution in [1.82, 2.24) is 5.32 Å². The molecule has 1 aliphatic rings. The maximum Gasteiger partial charge on any atom is 0.233 e. The van der Waals surface area contributed by atoms with Crippen LogP contribution in [0.4, 0.5) is 0 Å². The maximum absolute atomic E-state index is 11.8. The second-order valence-electron chi connectivity index (χ2n) is 5.09. The van der Waals surface area contributed by atoms with E-state index in [0.717, 1.165) is 38.1 Å². The van der Waals surface area contributed by atoms with Gasteiger partial charge in [0.1, 0.15) is 0 Å². The molecular formula is C12H22N2OS. The molecular weight excluding hydrogens is 220 g/mol. The van der Waals surface area contributed by atoms with Crippen molar-refractivity contribution in [3.8, 4) is 0 Å². The number of hydrogen-bond donors (Lipinski definition) is 2. The molecule has 0 aromatic heterocycles. The molecule has 0 aromatic rings. The van der Waals surface area contributed by atoms with Crippen LogP contribution in [0.2, 0.25) is 0 Å². The maximum atomic E-state index is 11.8. The summed E-state index contributed by atoms with van der Waals surface area (Å²) < 4.78 is 0. The van der Waals surface area contributed by atoms with Crippen LogP contribution < -0.4 is 11.1 Å². The van der Waals surface area contributed by atoms with Gasteiger partial charge in [-0.15, -0.1) is 0 Å². The lowest BCUT2D eigenvalue weighted by Gasteiger charge is -2.13. The molecule has 16 heavy (non-hydrogen) atoms. The number of hydrogen-bond acceptors (Lipinski definition) is 2. The lowest BCUT2D eigenvalue weighted by Crippen LogP contribution is -2.39. The highest BCUT2D eigenvalue weighted by molar-refractivity contribution is 7.80. The minimum atomic E-state index is -0.493. The molecule has 3 N–H and O–H groups in total. The molecule has 0 heterocycles. The zero-order valence-corrected chi connectivity index (χ0v) is 11.0. The molecule has 92 valence electrons. The van der Waals surface area contributed by atoms with E-state index < -0.39 is 5.41 Å². The van der Waals surface area contributed by atoms with Crippen molar-refractivity contribution in [2.24, 2.45) is 17.1 Å². The number of carbonyl (C=O) groups excluding carboxylic acids is 1. The van der Waals surface area contributed by atoms with Crippen LogP contribution in [0.25, 0.3) is 0 Å². The highest BCUT2D eigenvalue weighted by Gasteiger charge is 2.52. The summed E-state index contributed by atoms with van der Waals surface area (Å²) in [5.41, 5.74) is 5.08. The highest BCUT2D eigenvalue weighted by atomic mass is 32.1. The molecule has 0 unspecified atom stereocenters. The first-order valence-corrected chi connectivity index (χ1v) is 6.48. The Kier molecular flexibility index (Phi) is 4.71. The Morgan fingerprint density at radius 2 is 2.06 bits per heavy atom. The number of thiocarbonyl (C=S) groups is 1. The van der Waals surface area contributed by atoms with Gasteiger partial charge >= 0.3 is 0 Å². The summed E-state index contributed by atoms with van der Waals surface area (Å²) in [5, 5.41) is 2.93. The lowest BCUT2D eigenvalue weighted by molar-refractivity contribution is -0.124. The van der Waals surface area contributed by atoms with Crippen molar-refractivity contribution in [3.63, 3.8) is 0 Å². The second kappa shape index (κ2) is 5.62. The first-order chi connectivity index (χ1) is 7.49. The second-order valence-corrected chi connectivity index (χ2v) is 5.53. The summed E-state index contributed by atoms with van der Waals surface area (Å²) in [4.78, 5) is 12.1. The van der Waals surface area contributed by atoms with E-state index in [9.17, 15) is 4.79 Å². The molecule has 0 aromatic carbocycles. The predicted octanol–water partition coefficient (Wildman–Crippen LogP) is 2.00. The molecule has 1 fully saturated rings. The number of nitrogens with two attached hydrogens (primary N) is 1. The molecule has 3 nitrogen and oxygen atoms in total. The molecule has 1 saturated carbocycles. The van der Waals surface area contributed by atoms with E-state index in [2.05, 4.69) is 19.2 Å². The van der Waals surface area contributed by atoms with Gasteiger partial charge in [-0.25, -0.2) is 0 Å². The zero-order chi connectivity index (χ0) is 12.2. The number of nitrogens with one attached hydrogen (secondary N) is 1. The van der Waals surface area contributed by atoms with Crippen molar-refractivity contribution < 1.29 is 4.79 Å². The predicted molar refractivity (Wildman–Crippen MR) is 70.2 cm³/mol. The Labute approximate surface area is 103 Å². The number of unbranched alkanes of at least 4 members (excludes halogenated alkanes) is 1. The summed E-state index contributed by atoms with van der Waals surface area (Å²) in [7, 11) is 0. The van der Waals surface area contributed by atoms with Crippen LogP contribution in [0.1, 0.15) is 46.0 Å². The van der Waals surface area contributed by atoms with Gasteiger partial charge in [-0.2, -0.15) is 0 Å². The largest absolute Gasteiger partial charge is 0.392 e. The molecule has 0 spiro atoms. The third kappa shape index (κ3) is 3.44. The van der Waals surface area contributed by atoms with Crippen LogP contribution >= 0.6 is 12.2 Å². The third-order valence-electron chi connectivity index (χ3n) is 3.15. The van der Waals surface area contributed by atoms with E-state index in [4.69, 9.17) is 18.0 Å². The van der Waals surface area contributed by atoms with E-state index in [0.29, 0.717) is 4.99 Å². The molecule has 1 aliphatic carbocycles. The van der Waals surface area contributed by atoms with Crippen LogP contribution in [0.5, 0.6) is 0 Å². The third-order valence-corrected chi connectivity index (χ3v) is 3.54. The standard InChI is InChI=1S/C12H22N2OS/c1-9(2)5-3-4-8-14-11(15)12(6-7-12)10(13)16/h9H,3-8H2,1-2H3,(H2,13,16)(H,14,15). The first-order valence-electron chi connectivity index (χ1n) is 6.07. The SMILES string of the molecule is CC(C)CCCCNC(=O)C1(C(N)=S)CC1. The van der Waals surface area contributed by atoms with Gasteiger partial charge in [-0.3, -0.25) is 4.79 Å². The van der Waals surface area contributed by atoms with E-state index in [-0.39, 0.29) is 5.91 Å². The molecule has 0 saturated heterocycles. The van der Waals surface area contributed by atoms with Crippen molar-refractivity contribution in [2.45, 2.75) is 46.0 Å². The van der Waals surface area contributed by atoms with E-state index in [1.54, 1.807) is 0 Å². The molecule has 4 heteroatoms. The molecule has 1 amide bonds. The summed E-state index contributed by atoms with van der Waals surface area (Å²) in [6.07, 6.45) is 5.06.